The van der Waals surface area contributed by atoms with Gasteiger partial charge in [0.25, 0.3) is 5.91 Å². The Bertz CT molecular complexity index is 1650. The van der Waals surface area contributed by atoms with Crippen molar-refractivity contribution in [2.24, 2.45) is 0 Å². The van der Waals surface area contributed by atoms with E-state index in [1.165, 1.54) is 23.8 Å². The molecule has 1 aromatic carbocycles. The maximum Gasteiger partial charge on any atom is 0.251 e. The monoisotopic (exact) mass is 517 g/mol. The van der Waals surface area contributed by atoms with E-state index in [-0.39, 0.29) is 28.8 Å². The van der Waals surface area contributed by atoms with Gasteiger partial charge >= 0.3 is 0 Å². The summed E-state index contributed by atoms with van der Waals surface area (Å²) >= 11 is 0. The van der Waals surface area contributed by atoms with Gasteiger partial charge in [0.15, 0.2) is 23.1 Å². The Kier molecular flexibility index (Phi) is 6.00. The van der Waals surface area contributed by atoms with Gasteiger partial charge in [0.05, 0.1) is 36.9 Å². The number of halogens is 2. The van der Waals surface area contributed by atoms with E-state index in [4.69, 9.17) is 9.47 Å². The van der Waals surface area contributed by atoms with Crippen LogP contribution in [0.3, 0.4) is 0 Å². The number of ether oxygens (including phenoxy) is 2. The third-order valence-corrected chi connectivity index (χ3v) is 6.20. The summed E-state index contributed by atoms with van der Waals surface area (Å²) in [5.74, 6) is -1.94. The maximum atomic E-state index is 14.9. The number of rotatable bonds is 6. The van der Waals surface area contributed by atoms with Crippen molar-refractivity contribution in [3.8, 4) is 34.1 Å². The number of carbonyl (C=O) groups is 1. The van der Waals surface area contributed by atoms with Gasteiger partial charge < -0.3 is 14.8 Å². The molecule has 5 aromatic rings. The topological polar surface area (TPSA) is 108 Å². The molecule has 10 nitrogen and oxygen atoms in total. The van der Waals surface area contributed by atoms with Crippen LogP contribution in [0.4, 0.5) is 8.78 Å². The van der Waals surface area contributed by atoms with Crippen LogP contribution in [-0.4, -0.2) is 61.6 Å². The van der Waals surface area contributed by atoms with Crippen LogP contribution in [0.25, 0.3) is 33.8 Å². The molecule has 1 atom stereocenters. The van der Waals surface area contributed by atoms with Gasteiger partial charge in [-0.15, -0.1) is 5.10 Å². The van der Waals surface area contributed by atoms with E-state index in [9.17, 15) is 13.6 Å². The van der Waals surface area contributed by atoms with Gasteiger partial charge in [0, 0.05) is 42.6 Å². The predicted octanol–water partition coefficient (Wildman–Crippen LogP) is 3.45. The second kappa shape index (κ2) is 9.63. The predicted molar refractivity (Wildman–Crippen MR) is 132 cm³/mol. The second-order valence-electron chi connectivity index (χ2n) is 8.64. The Morgan fingerprint density at radius 3 is 2.82 bits per heavy atom. The molecule has 0 bridgehead atoms. The average molecular weight is 517 g/mol. The molecule has 1 fully saturated rings. The molecule has 1 saturated heterocycles. The van der Waals surface area contributed by atoms with Crippen molar-refractivity contribution in [1.82, 2.24) is 34.7 Å². The number of carbonyl (C=O) groups excluding carboxylic acids is 1. The summed E-state index contributed by atoms with van der Waals surface area (Å²) in [6, 6.07) is 9.35. The molecule has 1 unspecified atom stereocenters. The second-order valence-corrected chi connectivity index (χ2v) is 8.64. The fraction of sp³-hybridized carbons (Fsp3) is 0.192. The van der Waals surface area contributed by atoms with Crippen molar-refractivity contribution in [2.75, 3.05) is 20.3 Å². The zero-order valence-electron chi connectivity index (χ0n) is 20.1. The van der Waals surface area contributed by atoms with Crippen molar-refractivity contribution >= 4 is 11.6 Å². The molecular formula is C26H21F2N7O3. The summed E-state index contributed by atoms with van der Waals surface area (Å²) in [7, 11) is 1.41. The molecule has 1 aliphatic rings. The van der Waals surface area contributed by atoms with Gasteiger partial charge in [-0.05, 0) is 30.3 Å². The SMILES string of the molecule is CNC(=O)c1cc(F)c(F)c(-c2cnc3cc(-c4cnn(-c5ccccn5)c4)c(OC4CCOC4)nn23)c1. The van der Waals surface area contributed by atoms with E-state index in [1.54, 1.807) is 29.3 Å². The first-order valence-corrected chi connectivity index (χ1v) is 11.8. The Balaban J connectivity index is 1.49. The molecule has 0 saturated carbocycles. The highest BCUT2D eigenvalue weighted by Crippen LogP contribution is 2.34. The minimum absolute atomic E-state index is 0.0329. The minimum Gasteiger partial charge on any atom is -0.470 e. The first-order valence-electron chi connectivity index (χ1n) is 11.8. The highest BCUT2D eigenvalue weighted by Gasteiger charge is 2.24. The Morgan fingerprint density at radius 2 is 2.05 bits per heavy atom. The Labute approximate surface area is 214 Å². The Morgan fingerprint density at radius 1 is 1.16 bits per heavy atom. The van der Waals surface area contributed by atoms with Gasteiger partial charge in [0.2, 0.25) is 5.88 Å². The summed E-state index contributed by atoms with van der Waals surface area (Å²) < 4.78 is 44.0. The number of aromatic nitrogens is 6. The Hall–Kier alpha value is -4.71. The molecule has 0 aliphatic carbocycles. The lowest BCUT2D eigenvalue weighted by Crippen LogP contribution is -2.18. The van der Waals surface area contributed by atoms with Gasteiger partial charge in [-0.25, -0.2) is 27.9 Å². The smallest absolute Gasteiger partial charge is 0.251 e. The first kappa shape index (κ1) is 23.7. The fourth-order valence-electron chi connectivity index (χ4n) is 4.27. The molecule has 4 aromatic heterocycles. The van der Waals surface area contributed by atoms with Gasteiger partial charge in [0.1, 0.15) is 6.10 Å². The van der Waals surface area contributed by atoms with Crippen LogP contribution in [0.15, 0.2) is 61.2 Å². The summed E-state index contributed by atoms with van der Waals surface area (Å²) in [4.78, 5) is 20.8. The zero-order valence-corrected chi connectivity index (χ0v) is 20.1. The van der Waals surface area contributed by atoms with Crippen LogP contribution in [0.2, 0.25) is 0 Å². The zero-order chi connectivity index (χ0) is 26.2. The van der Waals surface area contributed by atoms with E-state index < -0.39 is 17.5 Å². The number of nitrogens with zero attached hydrogens (tertiary/aromatic N) is 6. The quantitative estimate of drug-likeness (QED) is 0.368. The molecule has 12 heteroatoms. The lowest BCUT2D eigenvalue weighted by atomic mass is 10.1. The van der Waals surface area contributed by atoms with Crippen LogP contribution in [-0.2, 0) is 4.74 Å². The largest absolute Gasteiger partial charge is 0.470 e. The number of amides is 1. The third-order valence-electron chi connectivity index (χ3n) is 6.20. The van der Waals surface area contributed by atoms with Gasteiger partial charge in [-0.1, -0.05) is 6.07 Å². The van der Waals surface area contributed by atoms with E-state index in [0.29, 0.717) is 42.2 Å². The lowest BCUT2D eigenvalue weighted by Gasteiger charge is -2.15. The third kappa shape index (κ3) is 4.24. The summed E-state index contributed by atoms with van der Waals surface area (Å²) in [5, 5.41) is 11.5. The molecule has 0 radical (unpaired) electrons. The average Bonchev–Trinajstić information content (AvgIpc) is 3.71. The fourth-order valence-corrected chi connectivity index (χ4v) is 4.27. The number of pyridine rings is 1. The van der Waals surface area contributed by atoms with Crippen LogP contribution >= 0.6 is 0 Å². The number of hydrogen-bond donors (Lipinski definition) is 1. The van der Waals surface area contributed by atoms with E-state index >= 15 is 0 Å². The van der Waals surface area contributed by atoms with E-state index in [2.05, 4.69) is 25.5 Å². The number of fused-ring (bicyclic) bond motifs is 1. The van der Waals surface area contributed by atoms with Gasteiger partial charge in [-0.2, -0.15) is 5.10 Å². The molecular weight excluding hydrogens is 496 g/mol. The van der Waals surface area contributed by atoms with E-state index in [0.717, 1.165) is 6.07 Å². The van der Waals surface area contributed by atoms with E-state index in [1.807, 2.05) is 18.2 Å². The minimum atomic E-state index is -1.16. The standard InChI is InChI=1S/C26H21F2N7O3/c1-29-25(36)15-8-19(24(28)20(27)9-15)21-12-31-23-10-18(26(33-35(21)23)38-17-5-7-37-14-17)16-11-32-34(13-16)22-4-2-3-6-30-22/h2-4,6,8-13,17H,5,7,14H2,1H3,(H,29,36). The summed E-state index contributed by atoms with van der Waals surface area (Å²) in [6.45, 7) is 0.962. The van der Waals surface area contributed by atoms with Gasteiger partial charge in [-0.3, -0.25) is 4.79 Å². The summed E-state index contributed by atoms with van der Waals surface area (Å²) in [6.07, 6.45) is 6.94. The van der Waals surface area contributed by atoms with Crippen molar-refractivity contribution in [3.63, 3.8) is 0 Å². The molecule has 1 amide bonds. The lowest BCUT2D eigenvalue weighted by molar-refractivity contribution is 0.0962. The maximum absolute atomic E-state index is 14.9. The van der Waals surface area contributed by atoms with Crippen molar-refractivity contribution in [1.29, 1.82) is 0 Å². The summed E-state index contributed by atoms with van der Waals surface area (Å²) in [5.41, 5.74) is 1.63. The van der Waals surface area contributed by atoms with Crippen LogP contribution in [0.5, 0.6) is 5.88 Å². The number of nitrogens with one attached hydrogen (secondary N) is 1. The highest BCUT2D eigenvalue weighted by molar-refractivity contribution is 5.95. The molecule has 192 valence electrons. The molecule has 5 heterocycles. The molecule has 0 spiro atoms. The number of benzene rings is 1. The van der Waals surface area contributed by atoms with Crippen molar-refractivity contribution in [3.05, 3.63) is 78.4 Å². The molecule has 38 heavy (non-hydrogen) atoms. The molecule has 1 aliphatic heterocycles. The van der Waals surface area contributed by atoms with Crippen LogP contribution in [0, 0.1) is 11.6 Å². The molecule has 6 rings (SSSR count). The highest BCUT2D eigenvalue weighted by atomic mass is 19.2. The number of imidazole rings is 1. The van der Waals surface area contributed by atoms with Crippen LogP contribution < -0.4 is 10.1 Å². The number of hydrogen-bond acceptors (Lipinski definition) is 7. The van der Waals surface area contributed by atoms with Crippen molar-refractivity contribution < 1.29 is 23.0 Å². The van der Waals surface area contributed by atoms with Crippen LogP contribution in [0.1, 0.15) is 16.8 Å². The first-order chi connectivity index (χ1) is 18.5. The normalized spacial score (nSPS) is 15.2. The molecule has 1 N–H and O–H groups in total. The van der Waals surface area contributed by atoms with Crippen molar-refractivity contribution in [2.45, 2.75) is 12.5 Å².